The lowest BCUT2D eigenvalue weighted by Gasteiger charge is -2.32. The smallest absolute Gasteiger partial charge is 0.317 e. The maximum Gasteiger partial charge on any atom is 0.317 e. The molecule has 27 heavy (non-hydrogen) atoms. The van der Waals surface area contributed by atoms with Crippen molar-refractivity contribution in [3.63, 3.8) is 0 Å². The quantitative estimate of drug-likeness (QED) is 0.796. The van der Waals surface area contributed by atoms with Crippen LogP contribution >= 0.6 is 0 Å². The molecule has 2 heterocycles. The Morgan fingerprint density at radius 2 is 2.04 bits per heavy atom. The molecule has 2 fully saturated rings. The van der Waals surface area contributed by atoms with Crippen LogP contribution in [0.2, 0.25) is 0 Å². The summed E-state index contributed by atoms with van der Waals surface area (Å²) in [6, 6.07) is 8.37. The first-order valence-corrected chi connectivity index (χ1v) is 10.6. The van der Waals surface area contributed by atoms with E-state index < -0.39 is 0 Å². The summed E-state index contributed by atoms with van der Waals surface area (Å²) in [6.07, 6.45) is 4.68. The largest absolute Gasteiger partial charge is 0.376 e. The zero-order valence-corrected chi connectivity index (χ0v) is 17.0. The first-order chi connectivity index (χ1) is 13.2. The van der Waals surface area contributed by atoms with Gasteiger partial charge in [0.15, 0.2) is 0 Å². The summed E-state index contributed by atoms with van der Waals surface area (Å²) in [5, 5.41) is 3.21. The number of carbonyl (C=O) groups is 1. The maximum absolute atomic E-state index is 13.0. The molecule has 0 unspecified atom stereocenters. The zero-order valence-electron chi connectivity index (χ0n) is 17.0. The summed E-state index contributed by atoms with van der Waals surface area (Å²) in [5.41, 5.74) is 2.44. The Bertz CT molecular complexity index is 593. The first-order valence-electron chi connectivity index (χ1n) is 10.6. The number of carbonyl (C=O) groups excluding carboxylic acids is 1. The van der Waals surface area contributed by atoms with Crippen molar-refractivity contribution in [3.05, 3.63) is 35.4 Å². The van der Waals surface area contributed by atoms with Crippen molar-refractivity contribution in [2.24, 2.45) is 5.92 Å². The van der Waals surface area contributed by atoms with Gasteiger partial charge in [0.25, 0.3) is 0 Å². The van der Waals surface area contributed by atoms with Crippen molar-refractivity contribution in [3.8, 4) is 0 Å². The summed E-state index contributed by atoms with van der Waals surface area (Å²) in [6.45, 7) is 10.7. The van der Waals surface area contributed by atoms with Crippen LogP contribution in [0.1, 0.15) is 43.7 Å². The Kier molecular flexibility index (Phi) is 7.53. The molecule has 3 rings (SSSR count). The predicted molar refractivity (Wildman–Crippen MR) is 109 cm³/mol. The van der Waals surface area contributed by atoms with E-state index in [-0.39, 0.29) is 12.1 Å². The molecule has 1 atom stereocenters. The number of aryl methyl sites for hydroxylation is 1. The molecule has 2 saturated heterocycles. The van der Waals surface area contributed by atoms with Crippen LogP contribution in [0, 0.1) is 12.8 Å². The summed E-state index contributed by atoms with van der Waals surface area (Å²) in [4.78, 5) is 17.4. The van der Waals surface area contributed by atoms with Crippen LogP contribution in [0.25, 0.3) is 0 Å². The third-order valence-electron chi connectivity index (χ3n) is 6.05. The molecule has 150 valence electrons. The van der Waals surface area contributed by atoms with Gasteiger partial charge in [-0.1, -0.05) is 31.2 Å². The lowest BCUT2D eigenvalue weighted by atomic mass is 9.97. The van der Waals surface area contributed by atoms with E-state index in [1.807, 2.05) is 17.0 Å². The Morgan fingerprint density at radius 1 is 1.26 bits per heavy atom. The zero-order chi connectivity index (χ0) is 19.1. The standard InChI is InChI=1S/C22H35N3O2/c1-3-24-12-10-19(11-13-24)15-23-22(26)25(17-21-9-6-14-27-21)16-20-8-5-4-7-18(20)2/h4-5,7-8,19,21H,3,6,9-17H2,1-2H3,(H,23,26)/t21-/m0/s1. The Balaban J connectivity index is 1.55. The van der Waals surface area contributed by atoms with Crippen molar-refractivity contribution in [1.82, 2.24) is 15.1 Å². The maximum atomic E-state index is 13.0. The highest BCUT2D eigenvalue weighted by Crippen LogP contribution is 2.18. The molecule has 2 aliphatic heterocycles. The second-order valence-electron chi connectivity index (χ2n) is 8.01. The van der Waals surface area contributed by atoms with E-state index in [1.165, 1.54) is 24.0 Å². The van der Waals surface area contributed by atoms with E-state index in [9.17, 15) is 4.79 Å². The summed E-state index contributed by atoms with van der Waals surface area (Å²) < 4.78 is 5.79. The summed E-state index contributed by atoms with van der Waals surface area (Å²) in [7, 11) is 0. The van der Waals surface area contributed by atoms with Gasteiger partial charge >= 0.3 is 6.03 Å². The molecule has 1 N–H and O–H groups in total. The van der Waals surface area contributed by atoms with Gasteiger partial charge in [0, 0.05) is 26.2 Å². The van der Waals surface area contributed by atoms with Crippen molar-refractivity contribution in [1.29, 1.82) is 0 Å². The van der Waals surface area contributed by atoms with Crippen molar-refractivity contribution < 1.29 is 9.53 Å². The van der Waals surface area contributed by atoms with Crippen molar-refractivity contribution in [2.45, 2.75) is 52.2 Å². The van der Waals surface area contributed by atoms with Crippen LogP contribution in [0.15, 0.2) is 24.3 Å². The molecule has 2 aliphatic rings. The van der Waals surface area contributed by atoms with Crippen molar-refractivity contribution in [2.75, 3.05) is 39.3 Å². The number of ether oxygens (including phenoxy) is 1. The molecule has 1 aromatic carbocycles. The van der Waals surface area contributed by atoms with Gasteiger partial charge in [-0.15, -0.1) is 0 Å². The number of urea groups is 1. The van der Waals surface area contributed by atoms with E-state index in [0.717, 1.165) is 45.6 Å². The van der Waals surface area contributed by atoms with Gasteiger partial charge in [-0.25, -0.2) is 4.79 Å². The minimum Gasteiger partial charge on any atom is -0.376 e. The fraction of sp³-hybridized carbons (Fsp3) is 0.682. The van der Waals surface area contributed by atoms with Gasteiger partial charge in [-0.05, 0) is 69.3 Å². The van der Waals surface area contributed by atoms with E-state index in [2.05, 4.69) is 36.2 Å². The number of hydrogen-bond acceptors (Lipinski definition) is 3. The van der Waals surface area contributed by atoms with Gasteiger partial charge in [0.2, 0.25) is 0 Å². The van der Waals surface area contributed by atoms with Gasteiger partial charge in [0.1, 0.15) is 0 Å². The fourth-order valence-electron chi connectivity index (χ4n) is 4.10. The number of benzene rings is 1. The van der Waals surface area contributed by atoms with Crippen LogP contribution in [0.4, 0.5) is 4.79 Å². The highest BCUT2D eigenvalue weighted by atomic mass is 16.5. The fourth-order valence-corrected chi connectivity index (χ4v) is 4.10. The number of hydrogen-bond donors (Lipinski definition) is 1. The van der Waals surface area contributed by atoms with Crippen LogP contribution in [-0.2, 0) is 11.3 Å². The van der Waals surface area contributed by atoms with E-state index >= 15 is 0 Å². The van der Waals surface area contributed by atoms with E-state index in [0.29, 0.717) is 19.0 Å². The molecule has 0 bridgehead atoms. The van der Waals surface area contributed by atoms with E-state index in [4.69, 9.17) is 4.74 Å². The average Bonchev–Trinajstić information content (AvgIpc) is 3.21. The second-order valence-corrected chi connectivity index (χ2v) is 8.01. The minimum atomic E-state index is 0.0478. The molecular formula is C22H35N3O2. The topological polar surface area (TPSA) is 44.8 Å². The number of piperidine rings is 1. The predicted octanol–water partition coefficient (Wildman–Crippen LogP) is 3.42. The highest BCUT2D eigenvalue weighted by molar-refractivity contribution is 5.74. The molecule has 0 spiro atoms. The molecule has 1 aromatic rings. The monoisotopic (exact) mass is 373 g/mol. The normalized spacial score (nSPS) is 21.3. The molecule has 0 aliphatic carbocycles. The minimum absolute atomic E-state index is 0.0478. The number of likely N-dealkylation sites (tertiary alicyclic amines) is 1. The van der Waals surface area contributed by atoms with Crippen LogP contribution < -0.4 is 5.32 Å². The number of rotatable bonds is 7. The van der Waals surface area contributed by atoms with Gasteiger partial charge in [-0.3, -0.25) is 0 Å². The highest BCUT2D eigenvalue weighted by Gasteiger charge is 2.24. The lowest BCUT2D eigenvalue weighted by molar-refractivity contribution is 0.0789. The Morgan fingerprint density at radius 3 is 2.70 bits per heavy atom. The average molecular weight is 374 g/mol. The third-order valence-corrected chi connectivity index (χ3v) is 6.05. The molecule has 0 aromatic heterocycles. The van der Waals surface area contributed by atoms with Gasteiger partial charge in [-0.2, -0.15) is 0 Å². The Hall–Kier alpha value is -1.59. The summed E-state index contributed by atoms with van der Waals surface area (Å²) in [5.74, 6) is 0.597. The number of amides is 2. The van der Waals surface area contributed by atoms with Crippen molar-refractivity contribution >= 4 is 6.03 Å². The molecule has 2 amide bonds. The molecule has 0 radical (unpaired) electrons. The Labute approximate surface area is 164 Å². The molecule has 5 heteroatoms. The third kappa shape index (κ3) is 5.94. The molecule has 5 nitrogen and oxygen atoms in total. The SMILES string of the molecule is CCN1CCC(CNC(=O)N(Cc2ccccc2C)C[C@@H]2CCCO2)CC1. The van der Waals surface area contributed by atoms with Crippen LogP contribution in [-0.4, -0.2) is 61.3 Å². The number of nitrogens with zero attached hydrogens (tertiary/aromatic N) is 2. The van der Waals surface area contributed by atoms with E-state index in [1.54, 1.807) is 0 Å². The summed E-state index contributed by atoms with van der Waals surface area (Å²) >= 11 is 0. The number of nitrogens with one attached hydrogen (secondary N) is 1. The molecular weight excluding hydrogens is 338 g/mol. The second kappa shape index (κ2) is 10.1. The van der Waals surface area contributed by atoms with Gasteiger partial charge in [0.05, 0.1) is 6.10 Å². The van der Waals surface area contributed by atoms with Gasteiger partial charge < -0.3 is 19.9 Å². The molecule has 0 saturated carbocycles. The van der Waals surface area contributed by atoms with Crippen LogP contribution in [0.5, 0.6) is 0 Å². The lowest BCUT2D eigenvalue weighted by Crippen LogP contribution is -2.46. The van der Waals surface area contributed by atoms with Crippen LogP contribution in [0.3, 0.4) is 0 Å². The first kappa shape index (κ1) is 20.2.